The standard InChI is InChI=1S/C13H8N4O3/c14-5-8-1-3-10(15-6-8)12(18)17-9-2-4-11(13(19)20)16-7-9/h1-4,6-7H,(H,17,18)(H,19,20). The number of nitrogens with zero attached hydrogens (tertiary/aromatic N) is 3. The monoisotopic (exact) mass is 268 g/mol. The van der Waals surface area contributed by atoms with Crippen LogP contribution in [0.15, 0.2) is 36.7 Å². The van der Waals surface area contributed by atoms with Gasteiger partial charge in [-0.1, -0.05) is 0 Å². The van der Waals surface area contributed by atoms with E-state index in [1.54, 1.807) is 0 Å². The summed E-state index contributed by atoms with van der Waals surface area (Å²) in [6, 6.07) is 7.51. The van der Waals surface area contributed by atoms with Crippen LogP contribution in [0.3, 0.4) is 0 Å². The molecule has 20 heavy (non-hydrogen) atoms. The molecule has 7 nitrogen and oxygen atoms in total. The van der Waals surface area contributed by atoms with Crippen molar-refractivity contribution in [2.75, 3.05) is 5.32 Å². The Morgan fingerprint density at radius 2 is 1.80 bits per heavy atom. The highest BCUT2D eigenvalue weighted by atomic mass is 16.4. The lowest BCUT2D eigenvalue weighted by Crippen LogP contribution is -2.14. The summed E-state index contributed by atoms with van der Waals surface area (Å²) in [4.78, 5) is 30.0. The van der Waals surface area contributed by atoms with E-state index >= 15 is 0 Å². The first-order valence-electron chi connectivity index (χ1n) is 5.47. The fourth-order valence-corrected chi connectivity index (χ4v) is 1.38. The molecule has 0 saturated carbocycles. The number of hydrogen-bond donors (Lipinski definition) is 2. The van der Waals surface area contributed by atoms with Crippen LogP contribution < -0.4 is 5.32 Å². The average Bonchev–Trinajstić information content (AvgIpc) is 2.48. The number of nitriles is 1. The second kappa shape index (κ2) is 5.58. The highest BCUT2D eigenvalue weighted by Gasteiger charge is 2.09. The van der Waals surface area contributed by atoms with Crippen molar-refractivity contribution >= 4 is 17.6 Å². The van der Waals surface area contributed by atoms with E-state index in [0.717, 1.165) is 0 Å². The van der Waals surface area contributed by atoms with Gasteiger partial charge in [-0.2, -0.15) is 5.26 Å². The lowest BCUT2D eigenvalue weighted by Gasteiger charge is -2.04. The lowest BCUT2D eigenvalue weighted by atomic mass is 10.2. The number of carbonyl (C=O) groups excluding carboxylic acids is 1. The minimum atomic E-state index is -1.14. The van der Waals surface area contributed by atoms with Gasteiger partial charge in [0.15, 0.2) is 0 Å². The van der Waals surface area contributed by atoms with Gasteiger partial charge in [-0.25, -0.2) is 14.8 Å². The van der Waals surface area contributed by atoms with Crippen LogP contribution in [0, 0.1) is 11.3 Å². The van der Waals surface area contributed by atoms with Crippen molar-refractivity contribution in [3.63, 3.8) is 0 Å². The number of anilines is 1. The van der Waals surface area contributed by atoms with Crippen LogP contribution in [0.1, 0.15) is 26.5 Å². The van der Waals surface area contributed by atoms with E-state index in [1.165, 1.54) is 36.7 Å². The van der Waals surface area contributed by atoms with Gasteiger partial charge in [0.2, 0.25) is 0 Å². The molecule has 98 valence electrons. The van der Waals surface area contributed by atoms with Crippen LogP contribution in [0.2, 0.25) is 0 Å². The summed E-state index contributed by atoms with van der Waals surface area (Å²) in [5.74, 6) is -1.61. The first-order chi connectivity index (χ1) is 9.60. The molecule has 0 aromatic carbocycles. The number of pyridine rings is 2. The molecule has 1 amide bonds. The number of amides is 1. The second-order valence-electron chi connectivity index (χ2n) is 3.74. The first kappa shape index (κ1) is 13.2. The van der Waals surface area contributed by atoms with Crippen molar-refractivity contribution < 1.29 is 14.7 Å². The van der Waals surface area contributed by atoms with Crippen LogP contribution in [0.5, 0.6) is 0 Å². The Morgan fingerprint density at radius 1 is 1.10 bits per heavy atom. The van der Waals surface area contributed by atoms with Crippen molar-refractivity contribution in [3.05, 3.63) is 53.6 Å². The fraction of sp³-hybridized carbons (Fsp3) is 0. The molecule has 0 spiro atoms. The predicted molar refractivity (Wildman–Crippen MR) is 68.1 cm³/mol. The number of rotatable bonds is 3. The molecule has 0 bridgehead atoms. The van der Waals surface area contributed by atoms with Crippen molar-refractivity contribution in [2.45, 2.75) is 0 Å². The molecule has 2 aromatic heterocycles. The highest BCUT2D eigenvalue weighted by Crippen LogP contribution is 2.08. The minimum absolute atomic E-state index is 0.112. The van der Waals surface area contributed by atoms with E-state index in [1.807, 2.05) is 6.07 Å². The summed E-state index contributed by atoms with van der Waals surface area (Å²) in [6.45, 7) is 0. The minimum Gasteiger partial charge on any atom is -0.477 e. The number of carboxylic acids is 1. The van der Waals surface area contributed by atoms with Crippen LogP contribution in [-0.2, 0) is 0 Å². The fourth-order valence-electron chi connectivity index (χ4n) is 1.38. The normalized spacial score (nSPS) is 9.55. The maximum Gasteiger partial charge on any atom is 0.354 e. The molecule has 0 radical (unpaired) electrons. The molecule has 0 aliphatic rings. The number of carbonyl (C=O) groups is 2. The summed E-state index contributed by atoms with van der Waals surface area (Å²) in [7, 11) is 0. The van der Waals surface area contributed by atoms with Gasteiger partial charge in [0.25, 0.3) is 5.91 Å². The van der Waals surface area contributed by atoms with Crippen molar-refractivity contribution in [1.29, 1.82) is 5.26 Å². The average molecular weight is 268 g/mol. The third-order valence-electron chi connectivity index (χ3n) is 2.37. The molecule has 0 fully saturated rings. The molecule has 7 heteroatoms. The van der Waals surface area contributed by atoms with Gasteiger partial charge < -0.3 is 10.4 Å². The zero-order valence-electron chi connectivity index (χ0n) is 10.1. The lowest BCUT2D eigenvalue weighted by molar-refractivity contribution is 0.0690. The van der Waals surface area contributed by atoms with Crippen molar-refractivity contribution in [2.24, 2.45) is 0 Å². The number of carboxylic acid groups (broad SMARTS) is 1. The smallest absolute Gasteiger partial charge is 0.354 e. The zero-order valence-corrected chi connectivity index (χ0v) is 10.1. The summed E-state index contributed by atoms with van der Waals surface area (Å²) in [6.07, 6.45) is 2.53. The van der Waals surface area contributed by atoms with Gasteiger partial charge in [0.1, 0.15) is 17.5 Å². The van der Waals surface area contributed by atoms with E-state index < -0.39 is 11.9 Å². The van der Waals surface area contributed by atoms with E-state index in [2.05, 4.69) is 15.3 Å². The van der Waals surface area contributed by atoms with Gasteiger partial charge in [-0.15, -0.1) is 0 Å². The Morgan fingerprint density at radius 3 is 2.30 bits per heavy atom. The van der Waals surface area contributed by atoms with E-state index in [4.69, 9.17) is 10.4 Å². The maximum atomic E-state index is 11.8. The summed E-state index contributed by atoms with van der Waals surface area (Å²) < 4.78 is 0. The third-order valence-corrected chi connectivity index (χ3v) is 2.37. The molecular formula is C13H8N4O3. The molecule has 0 unspecified atom stereocenters. The van der Waals surface area contributed by atoms with Crippen molar-refractivity contribution in [3.8, 4) is 6.07 Å². The summed E-state index contributed by atoms with van der Waals surface area (Å²) in [5, 5.41) is 19.8. The SMILES string of the molecule is N#Cc1ccc(C(=O)Nc2ccc(C(=O)O)nc2)nc1. The largest absolute Gasteiger partial charge is 0.477 e. The molecule has 0 saturated heterocycles. The summed E-state index contributed by atoms with van der Waals surface area (Å²) >= 11 is 0. The molecule has 0 atom stereocenters. The van der Waals surface area contributed by atoms with Crippen LogP contribution in [0.4, 0.5) is 5.69 Å². The number of aromatic nitrogens is 2. The number of hydrogen-bond acceptors (Lipinski definition) is 5. The molecule has 2 heterocycles. The molecule has 0 aliphatic heterocycles. The first-order valence-corrected chi connectivity index (χ1v) is 5.47. The third kappa shape index (κ3) is 2.94. The van der Waals surface area contributed by atoms with Crippen LogP contribution in [0.25, 0.3) is 0 Å². The molecule has 2 aromatic rings. The van der Waals surface area contributed by atoms with E-state index in [9.17, 15) is 9.59 Å². The molecular weight excluding hydrogens is 260 g/mol. The van der Waals surface area contributed by atoms with Gasteiger partial charge in [0, 0.05) is 6.20 Å². The Hall–Kier alpha value is -3.27. The molecule has 0 aliphatic carbocycles. The van der Waals surface area contributed by atoms with Crippen LogP contribution in [-0.4, -0.2) is 27.0 Å². The summed E-state index contributed by atoms with van der Waals surface area (Å²) in [5.41, 5.74) is 0.742. The van der Waals surface area contributed by atoms with Crippen LogP contribution >= 0.6 is 0 Å². The zero-order chi connectivity index (χ0) is 14.5. The van der Waals surface area contributed by atoms with Gasteiger partial charge in [0.05, 0.1) is 17.4 Å². The molecule has 2 rings (SSSR count). The van der Waals surface area contributed by atoms with Crippen molar-refractivity contribution in [1.82, 2.24) is 9.97 Å². The topological polar surface area (TPSA) is 116 Å². The van der Waals surface area contributed by atoms with Gasteiger partial charge in [-0.3, -0.25) is 4.79 Å². The number of aromatic carboxylic acids is 1. The maximum absolute atomic E-state index is 11.8. The Bertz CT molecular complexity index is 687. The van der Waals surface area contributed by atoms with Gasteiger partial charge >= 0.3 is 5.97 Å². The quantitative estimate of drug-likeness (QED) is 0.866. The predicted octanol–water partition coefficient (Wildman–Crippen LogP) is 1.30. The second-order valence-corrected chi connectivity index (χ2v) is 3.74. The number of nitrogens with one attached hydrogen (secondary N) is 1. The Kier molecular flexibility index (Phi) is 3.67. The van der Waals surface area contributed by atoms with Gasteiger partial charge in [-0.05, 0) is 24.3 Å². The van der Waals surface area contributed by atoms with E-state index in [-0.39, 0.29) is 11.4 Å². The highest BCUT2D eigenvalue weighted by molar-refractivity contribution is 6.02. The Labute approximate surface area is 113 Å². The molecule has 2 N–H and O–H groups in total. The Balaban J connectivity index is 2.10. The van der Waals surface area contributed by atoms with E-state index in [0.29, 0.717) is 11.3 Å².